The molecule has 0 spiro atoms. The summed E-state index contributed by atoms with van der Waals surface area (Å²) in [7, 11) is 1.69. The van der Waals surface area contributed by atoms with E-state index in [-0.39, 0.29) is 41.4 Å². The molecule has 1 aliphatic carbocycles. The van der Waals surface area contributed by atoms with Crippen molar-refractivity contribution < 1.29 is 19.4 Å². The highest BCUT2D eigenvalue weighted by molar-refractivity contribution is 5.88. The van der Waals surface area contributed by atoms with E-state index in [0.29, 0.717) is 5.56 Å². The van der Waals surface area contributed by atoms with Gasteiger partial charge < -0.3 is 15.2 Å². The molecule has 0 bridgehead atoms. The zero-order chi connectivity index (χ0) is 16.5. The van der Waals surface area contributed by atoms with Gasteiger partial charge in [-0.2, -0.15) is 0 Å². The van der Waals surface area contributed by atoms with Crippen molar-refractivity contribution in [3.8, 4) is 0 Å². The molecule has 0 saturated heterocycles. The van der Waals surface area contributed by atoms with Crippen LogP contribution in [0, 0.1) is 11.3 Å². The monoisotopic (exact) mass is 305 g/mol. The van der Waals surface area contributed by atoms with E-state index in [1.807, 2.05) is 0 Å². The van der Waals surface area contributed by atoms with Crippen molar-refractivity contribution in [2.24, 2.45) is 11.3 Å². The molecule has 1 amide bonds. The lowest BCUT2D eigenvalue weighted by atomic mass is 9.58. The molecule has 3 unspecified atom stereocenters. The molecule has 5 nitrogen and oxygen atoms in total. The van der Waals surface area contributed by atoms with Crippen LogP contribution in [0.25, 0.3) is 0 Å². The van der Waals surface area contributed by atoms with Gasteiger partial charge in [-0.15, -0.1) is 0 Å². The predicted molar refractivity (Wildman–Crippen MR) is 82.8 cm³/mol. The maximum atomic E-state index is 12.2. The summed E-state index contributed by atoms with van der Waals surface area (Å²) < 4.78 is 5.47. The van der Waals surface area contributed by atoms with Crippen molar-refractivity contribution >= 4 is 11.9 Å². The van der Waals surface area contributed by atoms with Gasteiger partial charge in [-0.05, 0) is 17.7 Å². The number of carbonyl (C=O) groups is 2. The van der Waals surface area contributed by atoms with Gasteiger partial charge in [0.2, 0.25) is 5.91 Å². The van der Waals surface area contributed by atoms with Crippen LogP contribution in [0.2, 0.25) is 0 Å². The van der Waals surface area contributed by atoms with Crippen LogP contribution < -0.4 is 5.32 Å². The number of rotatable bonds is 5. The first kappa shape index (κ1) is 16.5. The minimum atomic E-state index is -0.987. The van der Waals surface area contributed by atoms with E-state index in [1.165, 1.54) is 12.1 Å². The van der Waals surface area contributed by atoms with Crippen molar-refractivity contribution in [3.63, 3.8) is 0 Å². The summed E-state index contributed by atoms with van der Waals surface area (Å²) in [4.78, 5) is 23.2. The number of hydrogen-bond donors (Lipinski definition) is 2. The van der Waals surface area contributed by atoms with Gasteiger partial charge in [-0.3, -0.25) is 4.79 Å². The van der Waals surface area contributed by atoms with Crippen molar-refractivity contribution in [2.75, 3.05) is 7.11 Å². The fraction of sp³-hybridized carbons (Fsp3) is 0.529. The van der Waals surface area contributed by atoms with Gasteiger partial charge >= 0.3 is 5.97 Å². The fourth-order valence-corrected chi connectivity index (χ4v) is 3.65. The first-order chi connectivity index (χ1) is 10.3. The van der Waals surface area contributed by atoms with E-state index in [9.17, 15) is 9.59 Å². The molecule has 0 heterocycles. The van der Waals surface area contributed by atoms with E-state index < -0.39 is 5.97 Å². The number of amides is 1. The highest BCUT2D eigenvalue weighted by Crippen LogP contribution is 2.46. The standard InChI is InChI=1S/C17H23NO4/c1-10-14(17(2,3)15(10)22-4)18-13(19)9-11-6-5-7-12(8-11)16(20)21/h5-8,10,14-15H,9H2,1-4H3,(H,18,19)(H,20,21). The number of nitrogens with one attached hydrogen (secondary N) is 1. The summed E-state index contributed by atoms with van der Waals surface area (Å²) in [5.74, 6) is -0.824. The summed E-state index contributed by atoms with van der Waals surface area (Å²) in [6.07, 6.45) is 0.311. The van der Waals surface area contributed by atoms with Gasteiger partial charge in [0.15, 0.2) is 0 Å². The van der Waals surface area contributed by atoms with Crippen LogP contribution in [-0.4, -0.2) is 36.2 Å². The number of hydrogen-bond acceptors (Lipinski definition) is 3. The smallest absolute Gasteiger partial charge is 0.335 e. The van der Waals surface area contributed by atoms with Crippen molar-refractivity contribution in [3.05, 3.63) is 35.4 Å². The fourth-order valence-electron chi connectivity index (χ4n) is 3.65. The Morgan fingerprint density at radius 1 is 1.36 bits per heavy atom. The van der Waals surface area contributed by atoms with E-state index in [1.54, 1.807) is 19.2 Å². The summed E-state index contributed by atoms with van der Waals surface area (Å²) in [6, 6.07) is 6.54. The zero-order valence-electron chi connectivity index (χ0n) is 13.4. The van der Waals surface area contributed by atoms with Crippen molar-refractivity contribution in [2.45, 2.75) is 39.3 Å². The second-order valence-electron chi connectivity index (χ2n) is 6.56. The Balaban J connectivity index is 1.99. The normalized spacial score (nSPS) is 26.1. The molecule has 2 rings (SSSR count). The van der Waals surface area contributed by atoms with E-state index in [0.717, 1.165) is 0 Å². The molecule has 1 fully saturated rings. The lowest BCUT2D eigenvalue weighted by Gasteiger charge is -2.56. The van der Waals surface area contributed by atoms with Gasteiger partial charge in [-0.25, -0.2) is 4.79 Å². The molecule has 120 valence electrons. The third-order valence-electron chi connectivity index (χ3n) is 4.65. The van der Waals surface area contributed by atoms with Gasteiger partial charge in [0.1, 0.15) is 0 Å². The highest BCUT2D eigenvalue weighted by Gasteiger charge is 2.55. The summed E-state index contributed by atoms with van der Waals surface area (Å²) in [5.41, 5.74) is 0.791. The minimum absolute atomic E-state index is 0.0626. The lowest BCUT2D eigenvalue weighted by molar-refractivity contribution is -0.154. The number of carboxylic acids is 1. The molecule has 5 heteroatoms. The SMILES string of the molecule is COC1C(C)C(NC(=O)Cc2cccc(C(=O)O)c2)C1(C)C. The molecule has 1 aromatic carbocycles. The zero-order valence-corrected chi connectivity index (χ0v) is 13.4. The number of aromatic carboxylic acids is 1. The Morgan fingerprint density at radius 3 is 2.59 bits per heavy atom. The van der Waals surface area contributed by atoms with E-state index in [2.05, 4.69) is 26.1 Å². The van der Waals surface area contributed by atoms with E-state index >= 15 is 0 Å². The second kappa shape index (κ2) is 6.08. The Kier molecular flexibility index (Phi) is 4.56. The molecule has 1 aromatic rings. The van der Waals surface area contributed by atoms with Crippen LogP contribution in [0.15, 0.2) is 24.3 Å². The van der Waals surface area contributed by atoms with Crippen LogP contribution >= 0.6 is 0 Å². The molecule has 0 aromatic heterocycles. The number of benzene rings is 1. The molecular formula is C17H23NO4. The number of carboxylic acid groups (broad SMARTS) is 1. The largest absolute Gasteiger partial charge is 0.478 e. The highest BCUT2D eigenvalue weighted by atomic mass is 16.5. The summed E-state index contributed by atoms with van der Waals surface area (Å²) in [5, 5.41) is 12.0. The van der Waals surface area contributed by atoms with Gasteiger partial charge in [0, 0.05) is 24.5 Å². The Labute approximate surface area is 130 Å². The molecule has 0 radical (unpaired) electrons. The molecule has 0 aliphatic heterocycles. The van der Waals surface area contributed by atoms with Crippen LogP contribution in [-0.2, 0) is 16.0 Å². The van der Waals surface area contributed by atoms with Crippen molar-refractivity contribution in [1.29, 1.82) is 0 Å². The van der Waals surface area contributed by atoms with Crippen LogP contribution in [0.4, 0.5) is 0 Å². The number of ether oxygens (including phenoxy) is 1. The average Bonchev–Trinajstić information content (AvgIpc) is 2.45. The number of methoxy groups -OCH3 is 1. The van der Waals surface area contributed by atoms with E-state index in [4.69, 9.17) is 9.84 Å². The number of carbonyl (C=O) groups excluding carboxylic acids is 1. The Bertz CT molecular complexity index is 582. The van der Waals surface area contributed by atoms with Crippen LogP contribution in [0.1, 0.15) is 36.7 Å². The maximum absolute atomic E-state index is 12.2. The van der Waals surface area contributed by atoms with Crippen LogP contribution in [0.3, 0.4) is 0 Å². The third-order valence-corrected chi connectivity index (χ3v) is 4.65. The molecule has 1 aliphatic rings. The van der Waals surface area contributed by atoms with Gasteiger partial charge in [0.25, 0.3) is 0 Å². The third kappa shape index (κ3) is 2.99. The topological polar surface area (TPSA) is 75.6 Å². The van der Waals surface area contributed by atoms with Crippen molar-refractivity contribution in [1.82, 2.24) is 5.32 Å². The minimum Gasteiger partial charge on any atom is -0.478 e. The summed E-state index contributed by atoms with van der Waals surface area (Å²) >= 11 is 0. The van der Waals surface area contributed by atoms with Crippen LogP contribution in [0.5, 0.6) is 0 Å². The maximum Gasteiger partial charge on any atom is 0.335 e. The first-order valence-corrected chi connectivity index (χ1v) is 7.41. The Morgan fingerprint density at radius 2 is 2.05 bits per heavy atom. The molecule has 1 saturated carbocycles. The first-order valence-electron chi connectivity index (χ1n) is 7.41. The Hall–Kier alpha value is -1.88. The van der Waals surface area contributed by atoms with Gasteiger partial charge in [0.05, 0.1) is 18.1 Å². The molecular weight excluding hydrogens is 282 g/mol. The lowest BCUT2D eigenvalue weighted by Crippen LogP contribution is -2.68. The molecule has 2 N–H and O–H groups in total. The van der Waals surface area contributed by atoms with Gasteiger partial charge in [-0.1, -0.05) is 32.9 Å². The average molecular weight is 305 g/mol. The second-order valence-corrected chi connectivity index (χ2v) is 6.56. The summed E-state index contributed by atoms with van der Waals surface area (Å²) in [6.45, 7) is 6.23. The molecule has 3 atom stereocenters. The molecule has 22 heavy (non-hydrogen) atoms. The quantitative estimate of drug-likeness (QED) is 0.873. The predicted octanol–water partition coefficient (Wildman–Crippen LogP) is 2.10.